The summed E-state index contributed by atoms with van der Waals surface area (Å²) in [5.74, 6) is 0.777. The van der Waals surface area contributed by atoms with Crippen LogP contribution < -0.4 is 16.1 Å². The number of phenols is 1. The zero-order valence-corrected chi connectivity index (χ0v) is 14.3. The molecule has 4 N–H and O–H groups in total. The molecule has 0 aromatic heterocycles. The predicted octanol–water partition coefficient (Wildman–Crippen LogP) is 1.26. The van der Waals surface area contributed by atoms with Crippen molar-refractivity contribution in [3.63, 3.8) is 0 Å². The molecule has 3 aliphatic heterocycles. The van der Waals surface area contributed by atoms with E-state index in [9.17, 15) is 5.11 Å². The summed E-state index contributed by atoms with van der Waals surface area (Å²) in [7, 11) is 0. The van der Waals surface area contributed by atoms with E-state index in [1.807, 2.05) is 23.4 Å². The van der Waals surface area contributed by atoms with Gasteiger partial charge in [-0.3, -0.25) is 9.90 Å². The highest BCUT2D eigenvalue weighted by molar-refractivity contribution is 5.91. The maximum Gasteiger partial charge on any atom is 0.125 e. The second-order valence-electron chi connectivity index (χ2n) is 6.78. The van der Waals surface area contributed by atoms with E-state index in [1.165, 1.54) is 0 Å². The maximum absolute atomic E-state index is 10.4. The Bertz CT molecular complexity index is 691. The molecule has 1 atom stereocenters. The number of benzene rings is 1. The number of rotatable bonds is 3. The SMILES string of the molecule is NC1=NC(c2cc(N3CCCO3)ccc2O)=CN(C2CCCNC2)C1. The zero-order chi connectivity index (χ0) is 17.2. The van der Waals surface area contributed by atoms with Crippen molar-refractivity contribution in [2.45, 2.75) is 25.3 Å². The quantitative estimate of drug-likeness (QED) is 0.766. The van der Waals surface area contributed by atoms with Crippen LogP contribution in [0.25, 0.3) is 5.70 Å². The van der Waals surface area contributed by atoms with Gasteiger partial charge in [-0.1, -0.05) is 0 Å². The van der Waals surface area contributed by atoms with Gasteiger partial charge in [0.1, 0.15) is 11.6 Å². The van der Waals surface area contributed by atoms with E-state index in [0.29, 0.717) is 29.7 Å². The number of phenolic OH excluding ortho intramolecular Hbond substituents is 1. The molecule has 0 radical (unpaired) electrons. The number of aromatic hydroxyl groups is 1. The topological polar surface area (TPSA) is 86.3 Å². The van der Waals surface area contributed by atoms with Gasteiger partial charge in [-0.2, -0.15) is 0 Å². The van der Waals surface area contributed by atoms with Crippen LogP contribution >= 0.6 is 0 Å². The van der Waals surface area contributed by atoms with Crippen LogP contribution in [0, 0.1) is 0 Å². The molecule has 25 heavy (non-hydrogen) atoms. The highest BCUT2D eigenvalue weighted by Crippen LogP contribution is 2.33. The Kier molecular flexibility index (Phi) is 4.50. The van der Waals surface area contributed by atoms with E-state index in [4.69, 9.17) is 10.6 Å². The van der Waals surface area contributed by atoms with Gasteiger partial charge < -0.3 is 21.1 Å². The molecule has 7 nitrogen and oxygen atoms in total. The molecule has 0 spiro atoms. The van der Waals surface area contributed by atoms with E-state index in [2.05, 4.69) is 15.2 Å². The molecule has 2 saturated heterocycles. The molecule has 3 heterocycles. The molecule has 1 aromatic carbocycles. The molecule has 7 heteroatoms. The first kappa shape index (κ1) is 16.2. The van der Waals surface area contributed by atoms with E-state index in [0.717, 1.165) is 51.2 Å². The Morgan fingerprint density at radius 3 is 3.00 bits per heavy atom. The molecule has 134 valence electrons. The van der Waals surface area contributed by atoms with Crippen molar-refractivity contribution in [2.75, 3.05) is 37.8 Å². The minimum Gasteiger partial charge on any atom is -0.507 e. The summed E-state index contributed by atoms with van der Waals surface area (Å²) >= 11 is 0. The number of anilines is 1. The van der Waals surface area contributed by atoms with Crippen molar-refractivity contribution in [3.05, 3.63) is 30.0 Å². The lowest BCUT2D eigenvalue weighted by Crippen LogP contribution is -2.47. The average molecular weight is 343 g/mol. The molecule has 0 saturated carbocycles. The summed E-state index contributed by atoms with van der Waals surface area (Å²) in [6.07, 6.45) is 5.33. The molecule has 0 amide bonds. The van der Waals surface area contributed by atoms with Crippen LogP contribution in [0.5, 0.6) is 5.75 Å². The fraction of sp³-hybridized carbons (Fsp3) is 0.500. The minimum atomic E-state index is 0.203. The van der Waals surface area contributed by atoms with Crippen LogP contribution in [0.2, 0.25) is 0 Å². The van der Waals surface area contributed by atoms with Gasteiger partial charge >= 0.3 is 0 Å². The summed E-state index contributed by atoms with van der Waals surface area (Å²) in [5, 5.41) is 15.7. The highest BCUT2D eigenvalue weighted by atomic mass is 16.7. The maximum atomic E-state index is 10.4. The van der Waals surface area contributed by atoms with Crippen LogP contribution in [0.15, 0.2) is 29.4 Å². The summed E-state index contributed by atoms with van der Waals surface area (Å²) in [5.41, 5.74) is 8.41. The van der Waals surface area contributed by atoms with E-state index >= 15 is 0 Å². The third-order valence-electron chi connectivity index (χ3n) is 4.93. The van der Waals surface area contributed by atoms with Crippen LogP contribution in [-0.2, 0) is 4.84 Å². The van der Waals surface area contributed by atoms with E-state index in [1.54, 1.807) is 6.07 Å². The largest absolute Gasteiger partial charge is 0.507 e. The number of amidine groups is 1. The minimum absolute atomic E-state index is 0.203. The monoisotopic (exact) mass is 343 g/mol. The molecule has 0 aliphatic carbocycles. The average Bonchev–Trinajstić information content (AvgIpc) is 3.17. The summed E-state index contributed by atoms with van der Waals surface area (Å²) < 4.78 is 0. The van der Waals surface area contributed by atoms with Crippen molar-refractivity contribution >= 4 is 17.2 Å². The van der Waals surface area contributed by atoms with Gasteiger partial charge in [0.05, 0.1) is 24.5 Å². The van der Waals surface area contributed by atoms with Crippen molar-refractivity contribution < 1.29 is 9.94 Å². The third-order valence-corrected chi connectivity index (χ3v) is 4.93. The van der Waals surface area contributed by atoms with Crippen LogP contribution in [0.3, 0.4) is 0 Å². The van der Waals surface area contributed by atoms with Crippen molar-refractivity contribution in [1.29, 1.82) is 0 Å². The van der Waals surface area contributed by atoms with Gasteiger partial charge in [-0.05, 0) is 44.0 Å². The number of nitrogens with one attached hydrogen (secondary N) is 1. The van der Waals surface area contributed by atoms with Crippen molar-refractivity contribution in [2.24, 2.45) is 10.7 Å². The van der Waals surface area contributed by atoms with Gasteiger partial charge in [-0.25, -0.2) is 4.99 Å². The fourth-order valence-corrected chi connectivity index (χ4v) is 3.62. The van der Waals surface area contributed by atoms with Crippen molar-refractivity contribution in [3.8, 4) is 5.75 Å². The number of piperidine rings is 1. The molecule has 0 bridgehead atoms. The first-order chi connectivity index (χ1) is 12.2. The second kappa shape index (κ2) is 6.93. The zero-order valence-electron chi connectivity index (χ0n) is 14.3. The van der Waals surface area contributed by atoms with Crippen LogP contribution in [0.4, 0.5) is 5.69 Å². The molecular weight excluding hydrogens is 318 g/mol. The summed E-state index contributed by atoms with van der Waals surface area (Å²) in [6, 6.07) is 5.89. The van der Waals surface area contributed by atoms with Crippen LogP contribution in [-0.4, -0.2) is 54.7 Å². The molecule has 4 rings (SSSR count). The lowest BCUT2D eigenvalue weighted by Gasteiger charge is -2.35. The van der Waals surface area contributed by atoms with Gasteiger partial charge in [-0.15, -0.1) is 0 Å². The van der Waals surface area contributed by atoms with Gasteiger partial charge in [0, 0.05) is 30.9 Å². The Labute approximate surface area is 147 Å². The molecular formula is C18H25N5O2. The van der Waals surface area contributed by atoms with Gasteiger partial charge in [0.15, 0.2) is 0 Å². The first-order valence-corrected chi connectivity index (χ1v) is 8.96. The summed E-state index contributed by atoms with van der Waals surface area (Å²) in [6.45, 7) is 4.24. The number of hydrogen-bond donors (Lipinski definition) is 3. The number of hydroxylamine groups is 1. The smallest absolute Gasteiger partial charge is 0.125 e. The van der Waals surface area contributed by atoms with Crippen molar-refractivity contribution in [1.82, 2.24) is 10.2 Å². The first-order valence-electron chi connectivity index (χ1n) is 8.96. The fourth-order valence-electron chi connectivity index (χ4n) is 3.62. The van der Waals surface area contributed by atoms with E-state index < -0.39 is 0 Å². The Morgan fingerprint density at radius 2 is 2.24 bits per heavy atom. The molecule has 3 aliphatic rings. The number of nitrogens with two attached hydrogens (primary N) is 1. The lowest BCUT2D eigenvalue weighted by atomic mass is 10.0. The standard InChI is InChI=1S/C18H25N5O2/c19-18-12-22(14-3-1-6-20-10-14)11-16(21-18)15-9-13(4-5-17(15)24)23-7-2-8-25-23/h4-5,9,11,14,20,24H,1-3,6-8,10,12H2,(H2,19,21). The lowest BCUT2D eigenvalue weighted by molar-refractivity contribution is 0.168. The van der Waals surface area contributed by atoms with Gasteiger partial charge in [0.25, 0.3) is 0 Å². The van der Waals surface area contributed by atoms with E-state index in [-0.39, 0.29) is 5.75 Å². The second-order valence-corrected chi connectivity index (χ2v) is 6.78. The van der Waals surface area contributed by atoms with Gasteiger partial charge in [0.2, 0.25) is 0 Å². The number of nitrogens with zero attached hydrogens (tertiary/aromatic N) is 3. The Balaban J connectivity index is 1.64. The summed E-state index contributed by atoms with van der Waals surface area (Å²) in [4.78, 5) is 12.4. The Hall–Kier alpha value is -2.25. The Morgan fingerprint density at radius 1 is 1.32 bits per heavy atom. The highest BCUT2D eigenvalue weighted by Gasteiger charge is 2.24. The van der Waals surface area contributed by atoms with Crippen LogP contribution in [0.1, 0.15) is 24.8 Å². The third kappa shape index (κ3) is 3.43. The normalized spacial score (nSPS) is 24.2. The molecule has 1 unspecified atom stereocenters. The number of aliphatic imine (C=N–C) groups is 1. The predicted molar refractivity (Wildman–Crippen MR) is 98.2 cm³/mol. The number of hydrogen-bond acceptors (Lipinski definition) is 7. The molecule has 1 aromatic rings. The molecule has 2 fully saturated rings.